The van der Waals surface area contributed by atoms with Crippen LogP contribution in [0, 0.1) is 17.5 Å². The van der Waals surface area contributed by atoms with E-state index in [9.17, 15) is 13.2 Å². The predicted molar refractivity (Wildman–Crippen MR) is 65.5 cm³/mol. The van der Waals surface area contributed by atoms with E-state index in [0.29, 0.717) is 11.8 Å². The van der Waals surface area contributed by atoms with Crippen LogP contribution >= 0.6 is 11.6 Å². The topological polar surface area (TPSA) is 38.0 Å². The molecule has 3 N–H and O–H groups in total. The summed E-state index contributed by atoms with van der Waals surface area (Å²) in [5, 5.41) is 2.56. The predicted octanol–water partition coefficient (Wildman–Crippen LogP) is 4.08. The Morgan fingerprint density at radius 2 is 1.72 bits per heavy atom. The van der Waals surface area contributed by atoms with Gasteiger partial charge in [0, 0.05) is 11.8 Å². The largest absolute Gasteiger partial charge is 0.395 e. The van der Waals surface area contributed by atoms with Gasteiger partial charge in [0.25, 0.3) is 0 Å². The maximum absolute atomic E-state index is 13.2. The van der Waals surface area contributed by atoms with Gasteiger partial charge >= 0.3 is 0 Å². The molecule has 0 aromatic heterocycles. The summed E-state index contributed by atoms with van der Waals surface area (Å²) >= 11 is 5.59. The molecule has 2 aromatic rings. The molecule has 0 spiro atoms. The van der Waals surface area contributed by atoms with E-state index in [0.717, 1.165) is 12.1 Å². The molecule has 2 aromatic carbocycles. The first kappa shape index (κ1) is 12.6. The van der Waals surface area contributed by atoms with Crippen molar-refractivity contribution in [3.8, 4) is 0 Å². The number of hydrogen-bond donors (Lipinski definition) is 2. The smallest absolute Gasteiger partial charge is 0.151 e. The highest BCUT2D eigenvalue weighted by atomic mass is 35.5. The van der Waals surface area contributed by atoms with Gasteiger partial charge in [0.2, 0.25) is 0 Å². The molecular weight excluding hydrogens is 265 g/mol. The average Bonchev–Trinajstić information content (AvgIpc) is 2.30. The van der Waals surface area contributed by atoms with E-state index in [1.54, 1.807) is 0 Å². The molecule has 0 atom stereocenters. The molecule has 0 aliphatic heterocycles. The van der Waals surface area contributed by atoms with E-state index in [1.165, 1.54) is 12.1 Å². The number of nitrogens with one attached hydrogen (secondary N) is 1. The Morgan fingerprint density at radius 3 is 2.39 bits per heavy atom. The van der Waals surface area contributed by atoms with E-state index in [1.807, 2.05) is 0 Å². The molecule has 0 amide bonds. The number of nitrogen functional groups attached to an aromatic ring is 1. The van der Waals surface area contributed by atoms with Gasteiger partial charge in [-0.3, -0.25) is 0 Å². The molecule has 0 heterocycles. The van der Waals surface area contributed by atoms with Crippen molar-refractivity contribution < 1.29 is 13.2 Å². The highest BCUT2D eigenvalue weighted by Gasteiger charge is 2.09. The third-order valence-electron chi connectivity index (χ3n) is 2.29. The quantitative estimate of drug-likeness (QED) is 0.808. The summed E-state index contributed by atoms with van der Waals surface area (Å²) in [4.78, 5) is 0. The van der Waals surface area contributed by atoms with Gasteiger partial charge in [0.15, 0.2) is 5.82 Å². The van der Waals surface area contributed by atoms with Crippen molar-refractivity contribution in [2.75, 3.05) is 11.1 Å². The van der Waals surface area contributed by atoms with Gasteiger partial charge < -0.3 is 11.1 Å². The van der Waals surface area contributed by atoms with Gasteiger partial charge in [-0.2, -0.15) is 0 Å². The summed E-state index contributed by atoms with van der Waals surface area (Å²) in [6.45, 7) is 0. The van der Waals surface area contributed by atoms with Crippen LogP contribution in [-0.4, -0.2) is 0 Å². The van der Waals surface area contributed by atoms with Gasteiger partial charge in [-0.25, -0.2) is 13.2 Å². The third kappa shape index (κ3) is 2.51. The molecular formula is C12H8ClF3N2. The maximum atomic E-state index is 13.2. The monoisotopic (exact) mass is 272 g/mol. The number of nitrogens with two attached hydrogens (primary N) is 1. The average molecular weight is 273 g/mol. The molecule has 0 unspecified atom stereocenters. The molecule has 6 heteroatoms. The van der Waals surface area contributed by atoms with Crippen molar-refractivity contribution in [2.24, 2.45) is 0 Å². The zero-order valence-corrected chi connectivity index (χ0v) is 9.73. The highest BCUT2D eigenvalue weighted by molar-refractivity contribution is 6.31. The first-order chi connectivity index (χ1) is 8.47. The van der Waals surface area contributed by atoms with Crippen molar-refractivity contribution >= 4 is 28.7 Å². The molecule has 0 saturated carbocycles. The minimum Gasteiger partial charge on any atom is -0.395 e. The lowest BCUT2D eigenvalue weighted by atomic mass is 10.2. The van der Waals surface area contributed by atoms with E-state index >= 15 is 0 Å². The van der Waals surface area contributed by atoms with Crippen molar-refractivity contribution in [1.29, 1.82) is 0 Å². The van der Waals surface area contributed by atoms with Crippen molar-refractivity contribution in [3.05, 3.63) is 52.8 Å². The van der Waals surface area contributed by atoms with Crippen LogP contribution in [0.3, 0.4) is 0 Å². The third-order valence-corrected chi connectivity index (χ3v) is 2.58. The Morgan fingerprint density at radius 1 is 1.00 bits per heavy atom. The van der Waals surface area contributed by atoms with E-state index < -0.39 is 17.5 Å². The second-order valence-corrected chi connectivity index (χ2v) is 4.01. The van der Waals surface area contributed by atoms with Gasteiger partial charge in [-0.15, -0.1) is 0 Å². The molecule has 0 saturated heterocycles. The molecule has 0 aliphatic rings. The maximum Gasteiger partial charge on any atom is 0.151 e. The van der Waals surface area contributed by atoms with Crippen LogP contribution in [0.15, 0.2) is 30.3 Å². The van der Waals surface area contributed by atoms with Crippen LogP contribution < -0.4 is 11.1 Å². The number of anilines is 3. The lowest BCUT2D eigenvalue weighted by Gasteiger charge is -2.10. The fraction of sp³-hybridized carbons (Fsp3) is 0. The van der Waals surface area contributed by atoms with E-state index in [-0.39, 0.29) is 16.4 Å². The standard InChI is InChI=1S/C12H8ClF3N2/c13-8-5-7(1-2-9(8)15)18-11-4-6(14)3-10(16)12(11)17/h1-5,18H,17H2. The van der Waals surface area contributed by atoms with Gasteiger partial charge in [-0.1, -0.05) is 11.6 Å². The fourth-order valence-corrected chi connectivity index (χ4v) is 1.60. The zero-order valence-electron chi connectivity index (χ0n) is 8.98. The summed E-state index contributed by atoms with van der Waals surface area (Å²) in [5.41, 5.74) is 5.66. The van der Waals surface area contributed by atoms with Crippen LogP contribution in [0.2, 0.25) is 5.02 Å². The molecule has 0 fully saturated rings. The number of halogens is 4. The summed E-state index contributed by atoms with van der Waals surface area (Å²) in [5.74, 6) is -2.22. The normalized spacial score (nSPS) is 10.4. The van der Waals surface area contributed by atoms with Crippen LogP contribution in [0.4, 0.5) is 30.2 Å². The van der Waals surface area contributed by atoms with Crippen LogP contribution in [0.5, 0.6) is 0 Å². The first-order valence-corrected chi connectivity index (χ1v) is 5.32. The van der Waals surface area contributed by atoms with Crippen molar-refractivity contribution in [1.82, 2.24) is 0 Å². The summed E-state index contributed by atoms with van der Waals surface area (Å²) < 4.78 is 39.2. The lowest BCUT2D eigenvalue weighted by molar-refractivity contribution is 0.587. The Hall–Kier alpha value is -1.88. The second-order valence-electron chi connectivity index (χ2n) is 3.60. The molecule has 2 nitrogen and oxygen atoms in total. The van der Waals surface area contributed by atoms with Crippen LogP contribution in [-0.2, 0) is 0 Å². The first-order valence-electron chi connectivity index (χ1n) is 4.94. The van der Waals surface area contributed by atoms with Gasteiger partial charge in [0.1, 0.15) is 11.6 Å². The summed E-state index contributed by atoms with van der Waals surface area (Å²) in [6.07, 6.45) is 0. The Balaban J connectivity index is 2.36. The molecule has 0 radical (unpaired) electrons. The molecule has 18 heavy (non-hydrogen) atoms. The summed E-state index contributed by atoms with van der Waals surface area (Å²) in [7, 11) is 0. The minimum absolute atomic E-state index is 0.0511. The van der Waals surface area contributed by atoms with Crippen molar-refractivity contribution in [3.63, 3.8) is 0 Å². The van der Waals surface area contributed by atoms with Crippen molar-refractivity contribution in [2.45, 2.75) is 0 Å². The number of benzene rings is 2. The molecule has 2 rings (SSSR count). The Bertz CT molecular complexity index is 602. The van der Waals surface area contributed by atoms with Crippen LogP contribution in [0.25, 0.3) is 0 Å². The highest BCUT2D eigenvalue weighted by Crippen LogP contribution is 2.28. The Kier molecular flexibility index (Phi) is 3.34. The van der Waals surface area contributed by atoms with Crippen LogP contribution in [0.1, 0.15) is 0 Å². The van der Waals surface area contributed by atoms with Gasteiger partial charge in [-0.05, 0) is 24.3 Å². The lowest BCUT2D eigenvalue weighted by Crippen LogP contribution is -2.00. The number of rotatable bonds is 2. The van der Waals surface area contributed by atoms with Gasteiger partial charge in [0.05, 0.1) is 16.4 Å². The minimum atomic E-state index is -0.870. The summed E-state index contributed by atoms with van der Waals surface area (Å²) in [6, 6.07) is 5.52. The zero-order chi connectivity index (χ0) is 13.3. The second kappa shape index (κ2) is 4.78. The Labute approximate surface area is 106 Å². The number of hydrogen-bond acceptors (Lipinski definition) is 2. The SMILES string of the molecule is Nc1c(F)cc(F)cc1Nc1ccc(F)c(Cl)c1. The molecule has 0 aliphatic carbocycles. The van der Waals surface area contributed by atoms with E-state index in [4.69, 9.17) is 17.3 Å². The fourth-order valence-electron chi connectivity index (χ4n) is 1.42. The molecule has 94 valence electrons. The molecule has 0 bridgehead atoms. The van der Waals surface area contributed by atoms with E-state index in [2.05, 4.69) is 5.32 Å².